The number of hydrogen-bond donors (Lipinski definition) is 1. The highest BCUT2D eigenvalue weighted by molar-refractivity contribution is 5.89. The van der Waals surface area contributed by atoms with E-state index in [4.69, 9.17) is 8.83 Å². The van der Waals surface area contributed by atoms with E-state index in [1.54, 1.807) is 41.7 Å². The molecule has 0 atom stereocenters. The second-order valence-electron chi connectivity index (χ2n) is 4.95. The fourth-order valence-corrected chi connectivity index (χ4v) is 2.12. The Balaban J connectivity index is 1.73. The largest absolute Gasteiger partial charge is 0.467 e. The van der Waals surface area contributed by atoms with Gasteiger partial charge in [-0.25, -0.2) is 9.18 Å². The topological polar surface area (TPSA) is 58.6 Å². The average molecular weight is 314 g/mol. The van der Waals surface area contributed by atoms with Crippen molar-refractivity contribution in [2.45, 2.75) is 13.1 Å². The van der Waals surface area contributed by atoms with Gasteiger partial charge in [-0.15, -0.1) is 0 Å². The van der Waals surface area contributed by atoms with Crippen molar-refractivity contribution in [3.63, 3.8) is 0 Å². The minimum Gasteiger partial charge on any atom is -0.467 e. The van der Waals surface area contributed by atoms with Gasteiger partial charge in [-0.2, -0.15) is 0 Å². The maximum Gasteiger partial charge on any atom is 0.322 e. The van der Waals surface area contributed by atoms with Gasteiger partial charge < -0.3 is 19.1 Å². The normalized spacial score (nSPS) is 10.5. The number of anilines is 1. The number of nitrogens with one attached hydrogen (secondary N) is 1. The van der Waals surface area contributed by atoms with Crippen molar-refractivity contribution in [2.24, 2.45) is 0 Å². The van der Waals surface area contributed by atoms with Crippen LogP contribution in [0.3, 0.4) is 0 Å². The molecule has 0 unspecified atom stereocenters. The first-order valence-electron chi connectivity index (χ1n) is 7.07. The number of carbonyl (C=O) groups excluding carboxylic acids is 1. The Morgan fingerprint density at radius 2 is 1.52 bits per heavy atom. The van der Waals surface area contributed by atoms with Crippen molar-refractivity contribution in [1.82, 2.24) is 4.90 Å². The van der Waals surface area contributed by atoms with Gasteiger partial charge in [0.25, 0.3) is 0 Å². The van der Waals surface area contributed by atoms with Crippen molar-refractivity contribution in [1.29, 1.82) is 0 Å². The number of furan rings is 2. The summed E-state index contributed by atoms with van der Waals surface area (Å²) in [6.07, 6.45) is 3.11. The van der Waals surface area contributed by atoms with E-state index >= 15 is 0 Å². The third kappa shape index (κ3) is 4.00. The number of rotatable bonds is 5. The van der Waals surface area contributed by atoms with Crippen LogP contribution in [0.4, 0.5) is 14.9 Å². The minimum atomic E-state index is -0.356. The zero-order valence-corrected chi connectivity index (χ0v) is 12.2. The highest BCUT2D eigenvalue weighted by Crippen LogP contribution is 2.14. The molecule has 0 bridgehead atoms. The molecule has 6 heteroatoms. The number of amides is 2. The predicted molar refractivity (Wildman–Crippen MR) is 82.1 cm³/mol. The standard InChI is InChI=1S/C17H15FN2O3/c18-13-5-7-14(8-6-13)19-17(21)20(11-15-3-1-9-22-15)12-16-4-2-10-23-16/h1-10H,11-12H2,(H,19,21). The summed E-state index contributed by atoms with van der Waals surface area (Å²) in [5.41, 5.74) is 0.514. The van der Waals surface area contributed by atoms with E-state index in [2.05, 4.69) is 5.32 Å². The highest BCUT2D eigenvalue weighted by atomic mass is 19.1. The van der Waals surface area contributed by atoms with Gasteiger partial charge in [0.1, 0.15) is 17.3 Å². The first-order valence-corrected chi connectivity index (χ1v) is 7.07. The highest BCUT2D eigenvalue weighted by Gasteiger charge is 2.17. The average Bonchev–Trinajstić information content (AvgIpc) is 3.22. The maximum absolute atomic E-state index is 12.9. The van der Waals surface area contributed by atoms with Crippen LogP contribution in [-0.2, 0) is 13.1 Å². The predicted octanol–water partition coefficient (Wildman–Crippen LogP) is 4.25. The van der Waals surface area contributed by atoms with Crippen LogP contribution < -0.4 is 5.32 Å². The van der Waals surface area contributed by atoms with Gasteiger partial charge in [-0.3, -0.25) is 0 Å². The second kappa shape index (κ2) is 6.83. The molecular formula is C17H15FN2O3. The number of urea groups is 1. The van der Waals surface area contributed by atoms with Gasteiger partial charge in [-0.05, 0) is 48.5 Å². The Morgan fingerprint density at radius 3 is 2.00 bits per heavy atom. The molecule has 3 rings (SSSR count). The summed E-state index contributed by atoms with van der Waals surface area (Å²) in [6, 6.07) is 12.4. The lowest BCUT2D eigenvalue weighted by Gasteiger charge is -2.21. The molecule has 23 heavy (non-hydrogen) atoms. The Labute approximate surface area is 132 Å². The van der Waals surface area contributed by atoms with Gasteiger partial charge in [0.05, 0.1) is 25.6 Å². The third-order valence-electron chi connectivity index (χ3n) is 3.24. The monoisotopic (exact) mass is 314 g/mol. The van der Waals surface area contributed by atoms with Crippen molar-refractivity contribution in [2.75, 3.05) is 5.32 Å². The summed E-state index contributed by atoms with van der Waals surface area (Å²) in [7, 11) is 0. The molecule has 0 saturated carbocycles. The van der Waals surface area contributed by atoms with Gasteiger partial charge in [0.2, 0.25) is 0 Å². The molecule has 1 N–H and O–H groups in total. The zero-order chi connectivity index (χ0) is 16.1. The number of halogens is 1. The smallest absolute Gasteiger partial charge is 0.322 e. The molecule has 0 aliphatic heterocycles. The molecule has 0 aliphatic carbocycles. The van der Waals surface area contributed by atoms with Gasteiger partial charge in [-0.1, -0.05) is 0 Å². The van der Waals surface area contributed by atoms with Gasteiger partial charge in [0, 0.05) is 5.69 Å². The van der Waals surface area contributed by atoms with E-state index < -0.39 is 0 Å². The minimum absolute atomic E-state index is 0.292. The van der Waals surface area contributed by atoms with Crippen LogP contribution in [-0.4, -0.2) is 10.9 Å². The third-order valence-corrected chi connectivity index (χ3v) is 3.24. The second-order valence-corrected chi connectivity index (χ2v) is 4.95. The fourth-order valence-electron chi connectivity index (χ4n) is 2.12. The van der Waals surface area contributed by atoms with E-state index in [0.717, 1.165) is 0 Å². The van der Waals surface area contributed by atoms with Crippen LogP contribution in [0, 0.1) is 5.82 Å². The first kappa shape index (κ1) is 14.9. The molecule has 118 valence electrons. The summed E-state index contributed by atoms with van der Waals surface area (Å²) in [5, 5.41) is 2.73. The van der Waals surface area contributed by atoms with Crippen molar-refractivity contribution >= 4 is 11.7 Å². The lowest BCUT2D eigenvalue weighted by atomic mass is 10.3. The molecule has 0 radical (unpaired) electrons. The lowest BCUT2D eigenvalue weighted by Crippen LogP contribution is -2.33. The van der Waals surface area contributed by atoms with Crippen molar-refractivity contribution in [3.05, 3.63) is 78.4 Å². The van der Waals surface area contributed by atoms with Crippen molar-refractivity contribution in [3.8, 4) is 0 Å². The number of benzene rings is 1. The number of nitrogens with zero attached hydrogens (tertiary/aromatic N) is 1. The molecule has 3 aromatic rings. The van der Waals surface area contributed by atoms with Crippen LogP contribution >= 0.6 is 0 Å². The van der Waals surface area contributed by atoms with E-state index in [-0.39, 0.29) is 11.8 Å². The molecule has 0 aliphatic rings. The number of hydrogen-bond acceptors (Lipinski definition) is 3. The Bertz CT molecular complexity index is 701. The zero-order valence-electron chi connectivity index (χ0n) is 12.2. The quantitative estimate of drug-likeness (QED) is 0.766. The van der Waals surface area contributed by atoms with Crippen LogP contribution in [0.25, 0.3) is 0 Å². The lowest BCUT2D eigenvalue weighted by molar-refractivity contribution is 0.195. The molecule has 1 aromatic carbocycles. The fraction of sp³-hybridized carbons (Fsp3) is 0.118. The van der Waals surface area contributed by atoms with Crippen LogP contribution in [0.1, 0.15) is 11.5 Å². The van der Waals surface area contributed by atoms with E-state index in [1.807, 2.05) is 0 Å². The van der Waals surface area contributed by atoms with Gasteiger partial charge >= 0.3 is 6.03 Å². The first-order chi connectivity index (χ1) is 11.2. The molecule has 5 nitrogen and oxygen atoms in total. The van der Waals surface area contributed by atoms with Crippen molar-refractivity contribution < 1.29 is 18.0 Å². The Kier molecular flexibility index (Phi) is 4.42. The van der Waals surface area contributed by atoms with E-state index in [9.17, 15) is 9.18 Å². The molecule has 2 amide bonds. The Hall–Kier alpha value is -3.02. The summed E-state index contributed by atoms with van der Waals surface area (Å²) < 4.78 is 23.5. The molecule has 2 heterocycles. The Morgan fingerprint density at radius 1 is 0.957 bits per heavy atom. The van der Waals surface area contributed by atoms with E-state index in [1.165, 1.54) is 24.3 Å². The van der Waals surface area contributed by atoms with Gasteiger partial charge in [0.15, 0.2) is 0 Å². The van der Waals surface area contributed by atoms with E-state index in [0.29, 0.717) is 30.3 Å². The SMILES string of the molecule is O=C(Nc1ccc(F)cc1)N(Cc1ccco1)Cc1ccco1. The molecule has 0 fully saturated rings. The summed E-state index contributed by atoms with van der Waals surface area (Å²) >= 11 is 0. The molecule has 2 aromatic heterocycles. The molecule has 0 saturated heterocycles. The number of carbonyl (C=O) groups is 1. The van der Waals surface area contributed by atoms with Crippen LogP contribution in [0.2, 0.25) is 0 Å². The summed E-state index contributed by atoms with van der Waals surface area (Å²) in [6.45, 7) is 0.585. The van der Waals surface area contributed by atoms with Crippen LogP contribution in [0.15, 0.2) is 69.9 Å². The molecule has 0 spiro atoms. The molecular weight excluding hydrogens is 299 g/mol. The summed E-state index contributed by atoms with van der Waals surface area (Å²) in [5.74, 6) is 0.961. The van der Waals surface area contributed by atoms with Crippen LogP contribution in [0.5, 0.6) is 0 Å². The summed E-state index contributed by atoms with van der Waals surface area (Å²) in [4.78, 5) is 14.0. The maximum atomic E-state index is 12.9.